The number of aromatic nitrogens is 1. The summed E-state index contributed by atoms with van der Waals surface area (Å²) in [6.45, 7) is 9.72. The molecule has 0 radical (unpaired) electrons. The summed E-state index contributed by atoms with van der Waals surface area (Å²) < 4.78 is 5.31. The van der Waals surface area contributed by atoms with Gasteiger partial charge < -0.3 is 10.1 Å². The number of benzene rings is 2. The Bertz CT molecular complexity index is 1070. The number of para-hydroxylation sites is 1. The van der Waals surface area contributed by atoms with Gasteiger partial charge in [-0.2, -0.15) is 0 Å². The lowest BCUT2D eigenvalue weighted by molar-refractivity contribution is -0.131. The van der Waals surface area contributed by atoms with Crippen molar-refractivity contribution in [1.29, 1.82) is 0 Å². The second-order valence-electron chi connectivity index (χ2n) is 7.79. The standard InChI is InChI=1S/C22H24N2O3Si/c1-14-18(27-15(2)25)11-12-19(28(3,4)5)20(14)22(26)24-17-10-6-8-16-9-7-13-23-21(16)17/h6-13H,1-5H3,(H,24,26). The molecule has 144 valence electrons. The molecular weight excluding hydrogens is 368 g/mol. The summed E-state index contributed by atoms with van der Waals surface area (Å²) in [6.07, 6.45) is 1.71. The van der Waals surface area contributed by atoms with Crippen LogP contribution in [0, 0.1) is 6.92 Å². The SMILES string of the molecule is CC(=O)Oc1ccc([Si](C)(C)C)c(C(=O)Nc2cccc3cccnc23)c1C. The molecule has 5 nitrogen and oxygen atoms in total. The lowest BCUT2D eigenvalue weighted by Crippen LogP contribution is -2.43. The molecule has 0 unspecified atom stereocenters. The van der Waals surface area contributed by atoms with Gasteiger partial charge in [-0.25, -0.2) is 0 Å². The van der Waals surface area contributed by atoms with Crippen LogP contribution in [0.2, 0.25) is 19.6 Å². The topological polar surface area (TPSA) is 68.3 Å². The Morgan fingerprint density at radius 1 is 1.04 bits per heavy atom. The molecule has 0 aliphatic heterocycles. The first kappa shape index (κ1) is 19.8. The first-order chi connectivity index (χ1) is 13.2. The molecule has 0 fully saturated rings. The number of rotatable bonds is 4. The molecule has 0 spiro atoms. The van der Waals surface area contributed by atoms with Crippen LogP contribution >= 0.6 is 0 Å². The predicted molar refractivity (Wildman–Crippen MR) is 115 cm³/mol. The second kappa shape index (κ2) is 7.56. The van der Waals surface area contributed by atoms with Crippen LogP contribution in [0.15, 0.2) is 48.7 Å². The van der Waals surface area contributed by atoms with Gasteiger partial charge in [0.05, 0.1) is 19.3 Å². The molecule has 2 aromatic carbocycles. The van der Waals surface area contributed by atoms with Crippen molar-refractivity contribution < 1.29 is 14.3 Å². The van der Waals surface area contributed by atoms with Crippen LogP contribution in [-0.2, 0) is 4.79 Å². The average molecular weight is 393 g/mol. The van der Waals surface area contributed by atoms with Crippen LogP contribution in [0.5, 0.6) is 5.75 Å². The summed E-state index contributed by atoms with van der Waals surface area (Å²) in [4.78, 5) is 29.2. The van der Waals surface area contributed by atoms with E-state index >= 15 is 0 Å². The number of ether oxygens (including phenoxy) is 1. The van der Waals surface area contributed by atoms with Crippen LogP contribution in [0.3, 0.4) is 0 Å². The van der Waals surface area contributed by atoms with Crippen molar-refractivity contribution in [3.05, 3.63) is 59.8 Å². The van der Waals surface area contributed by atoms with Crippen LogP contribution < -0.4 is 15.2 Å². The normalized spacial score (nSPS) is 11.3. The van der Waals surface area contributed by atoms with E-state index < -0.39 is 14.0 Å². The lowest BCUT2D eigenvalue weighted by Gasteiger charge is -2.23. The molecule has 1 N–H and O–H groups in total. The van der Waals surface area contributed by atoms with Gasteiger partial charge in [-0.1, -0.05) is 43.9 Å². The summed E-state index contributed by atoms with van der Waals surface area (Å²) >= 11 is 0. The highest BCUT2D eigenvalue weighted by atomic mass is 28.3. The summed E-state index contributed by atoms with van der Waals surface area (Å²) in [6, 6.07) is 13.2. The number of carbonyl (C=O) groups excluding carboxylic acids is 2. The van der Waals surface area contributed by atoms with Gasteiger partial charge in [0.15, 0.2) is 0 Å². The van der Waals surface area contributed by atoms with E-state index in [0.29, 0.717) is 22.6 Å². The van der Waals surface area contributed by atoms with E-state index in [4.69, 9.17) is 4.74 Å². The predicted octanol–water partition coefficient (Wildman–Crippen LogP) is 4.27. The Labute approximate surface area is 165 Å². The van der Waals surface area contributed by atoms with Gasteiger partial charge in [-0.05, 0) is 30.3 Å². The van der Waals surface area contributed by atoms with E-state index in [2.05, 4.69) is 29.9 Å². The fraction of sp³-hybridized carbons (Fsp3) is 0.227. The number of hydrogen-bond acceptors (Lipinski definition) is 4. The van der Waals surface area contributed by atoms with Crippen LogP contribution in [-0.4, -0.2) is 24.9 Å². The summed E-state index contributed by atoms with van der Waals surface area (Å²) in [5.41, 5.74) is 2.63. The Morgan fingerprint density at radius 2 is 1.75 bits per heavy atom. The molecule has 0 aliphatic carbocycles. The Morgan fingerprint density at radius 3 is 2.43 bits per heavy atom. The Hall–Kier alpha value is -2.99. The number of esters is 1. The smallest absolute Gasteiger partial charge is 0.308 e. The summed E-state index contributed by atoms with van der Waals surface area (Å²) in [7, 11) is -1.82. The molecule has 1 aromatic heterocycles. The van der Waals surface area contributed by atoms with E-state index in [1.807, 2.05) is 43.3 Å². The molecule has 3 aromatic rings. The quantitative estimate of drug-likeness (QED) is 0.409. The Kier molecular flexibility index (Phi) is 5.33. The van der Waals surface area contributed by atoms with E-state index in [1.165, 1.54) is 6.92 Å². The minimum Gasteiger partial charge on any atom is -0.426 e. The lowest BCUT2D eigenvalue weighted by atomic mass is 10.1. The molecule has 3 rings (SSSR count). The number of carbonyl (C=O) groups is 2. The molecule has 1 amide bonds. The van der Waals surface area contributed by atoms with Gasteiger partial charge in [0.1, 0.15) is 5.75 Å². The molecule has 28 heavy (non-hydrogen) atoms. The van der Waals surface area contributed by atoms with Gasteiger partial charge in [-0.3, -0.25) is 14.6 Å². The van der Waals surface area contributed by atoms with Crippen molar-refractivity contribution in [2.24, 2.45) is 0 Å². The van der Waals surface area contributed by atoms with Crippen molar-refractivity contribution >= 4 is 41.7 Å². The molecule has 0 saturated heterocycles. The number of pyridine rings is 1. The summed E-state index contributed by atoms with van der Waals surface area (Å²) in [5.74, 6) is -0.216. The highest BCUT2D eigenvalue weighted by Gasteiger charge is 2.27. The zero-order valence-electron chi connectivity index (χ0n) is 16.8. The minimum atomic E-state index is -1.82. The number of fused-ring (bicyclic) bond motifs is 1. The van der Waals surface area contributed by atoms with Crippen LogP contribution in [0.25, 0.3) is 10.9 Å². The molecule has 1 heterocycles. The van der Waals surface area contributed by atoms with Gasteiger partial charge in [0, 0.05) is 29.6 Å². The molecule has 0 atom stereocenters. The highest BCUT2D eigenvalue weighted by molar-refractivity contribution is 6.89. The van der Waals surface area contributed by atoms with Crippen LogP contribution in [0.1, 0.15) is 22.8 Å². The highest BCUT2D eigenvalue weighted by Crippen LogP contribution is 2.26. The van der Waals surface area contributed by atoms with Gasteiger partial charge >= 0.3 is 5.97 Å². The summed E-state index contributed by atoms with van der Waals surface area (Å²) in [5, 5.41) is 4.99. The third-order valence-electron chi connectivity index (χ3n) is 4.58. The zero-order valence-corrected chi connectivity index (χ0v) is 17.8. The van der Waals surface area contributed by atoms with E-state index in [-0.39, 0.29) is 5.91 Å². The number of anilines is 1. The number of amides is 1. The van der Waals surface area contributed by atoms with Crippen molar-refractivity contribution in [2.75, 3.05) is 5.32 Å². The van der Waals surface area contributed by atoms with Crippen molar-refractivity contribution in [2.45, 2.75) is 33.5 Å². The van der Waals surface area contributed by atoms with Gasteiger partial charge in [0.25, 0.3) is 5.91 Å². The minimum absolute atomic E-state index is 0.220. The third kappa shape index (κ3) is 3.97. The maximum absolute atomic E-state index is 13.3. The number of nitrogens with zero attached hydrogens (tertiary/aromatic N) is 1. The molecule has 0 aliphatic rings. The fourth-order valence-corrected chi connectivity index (χ4v) is 4.90. The largest absolute Gasteiger partial charge is 0.426 e. The Balaban J connectivity index is 2.10. The van der Waals surface area contributed by atoms with E-state index in [0.717, 1.165) is 16.1 Å². The van der Waals surface area contributed by atoms with Crippen LogP contribution in [0.4, 0.5) is 5.69 Å². The van der Waals surface area contributed by atoms with E-state index in [9.17, 15) is 9.59 Å². The maximum Gasteiger partial charge on any atom is 0.308 e. The van der Waals surface area contributed by atoms with Crippen molar-refractivity contribution in [3.8, 4) is 5.75 Å². The molecule has 0 saturated carbocycles. The fourth-order valence-electron chi connectivity index (χ4n) is 3.27. The van der Waals surface area contributed by atoms with Crippen molar-refractivity contribution in [3.63, 3.8) is 0 Å². The van der Waals surface area contributed by atoms with E-state index in [1.54, 1.807) is 12.3 Å². The second-order valence-corrected chi connectivity index (χ2v) is 12.8. The first-order valence-corrected chi connectivity index (χ1v) is 12.7. The number of hydrogen-bond donors (Lipinski definition) is 1. The van der Waals surface area contributed by atoms with Crippen molar-refractivity contribution in [1.82, 2.24) is 4.98 Å². The first-order valence-electron chi connectivity index (χ1n) is 9.16. The molecule has 6 heteroatoms. The average Bonchev–Trinajstić information content (AvgIpc) is 2.62. The monoisotopic (exact) mass is 392 g/mol. The molecule has 0 bridgehead atoms. The number of nitrogens with one attached hydrogen (secondary N) is 1. The molecular formula is C22H24N2O3Si. The van der Waals surface area contributed by atoms with Gasteiger partial charge in [0.2, 0.25) is 0 Å². The zero-order chi connectivity index (χ0) is 20.5. The third-order valence-corrected chi connectivity index (χ3v) is 6.62. The maximum atomic E-state index is 13.3. The van der Waals surface area contributed by atoms with Gasteiger partial charge in [-0.15, -0.1) is 0 Å².